The van der Waals surface area contributed by atoms with Crippen LogP contribution < -0.4 is 5.32 Å². The smallest absolute Gasteiger partial charge is 0.244 e. The zero-order valence-electron chi connectivity index (χ0n) is 11.2. The average molecular weight is 320 g/mol. The molecule has 0 aromatic carbocycles. The van der Waals surface area contributed by atoms with Gasteiger partial charge in [0, 0.05) is 25.8 Å². The molecule has 2 rings (SSSR count). The highest BCUT2D eigenvalue weighted by Crippen LogP contribution is 2.31. The van der Waals surface area contributed by atoms with Crippen molar-refractivity contribution >= 4 is 27.4 Å². The van der Waals surface area contributed by atoms with Gasteiger partial charge in [0.25, 0.3) is 0 Å². The number of anilines is 1. The topological polar surface area (TPSA) is 82.5 Å². The quantitative estimate of drug-likeness (QED) is 0.826. The minimum Gasteiger partial charge on any atom is -0.395 e. The third kappa shape index (κ3) is 2.90. The van der Waals surface area contributed by atoms with Crippen molar-refractivity contribution in [2.75, 3.05) is 25.5 Å². The second kappa shape index (κ2) is 6.26. The van der Waals surface area contributed by atoms with Gasteiger partial charge in [-0.1, -0.05) is 18.0 Å². The molecule has 1 aliphatic rings. The van der Waals surface area contributed by atoms with Gasteiger partial charge in [0.1, 0.15) is 10.7 Å². The van der Waals surface area contributed by atoms with E-state index in [0.29, 0.717) is 5.82 Å². The van der Waals surface area contributed by atoms with Gasteiger partial charge < -0.3 is 10.4 Å². The molecule has 1 saturated carbocycles. The van der Waals surface area contributed by atoms with Gasteiger partial charge in [-0.25, -0.2) is 13.4 Å². The summed E-state index contributed by atoms with van der Waals surface area (Å²) in [4.78, 5) is 4.05. The summed E-state index contributed by atoms with van der Waals surface area (Å²) in [6.07, 6.45) is 3.96. The molecular formula is C12H18ClN3O3S. The maximum Gasteiger partial charge on any atom is 0.244 e. The number of sulfonamides is 1. The summed E-state index contributed by atoms with van der Waals surface area (Å²) >= 11 is 5.99. The molecule has 1 aliphatic carbocycles. The van der Waals surface area contributed by atoms with E-state index in [1.807, 2.05) is 0 Å². The third-order valence-corrected chi connectivity index (χ3v) is 5.67. The summed E-state index contributed by atoms with van der Waals surface area (Å²) in [7, 11) is -2.01. The maximum atomic E-state index is 12.6. The van der Waals surface area contributed by atoms with Crippen LogP contribution in [-0.2, 0) is 10.0 Å². The molecule has 6 nitrogen and oxygen atoms in total. The first-order valence-corrected chi connectivity index (χ1v) is 8.28. The Bertz CT molecular complexity index is 575. The molecular weight excluding hydrogens is 302 g/mol. The SMILES string of the molecule is CNc1ncc(S(=O)(=O)N(CCO)C2CCC2)cc1Cl. The van der Waals surface area contributed by atoms with E-state index < -0.39 is 10.0 Å². The van der Waals surface area contributed by atoms with E-state index in [1.165, 1.54) is 16.6 Å². The fourth-order valence-electron chi connectivity index (χ4n) is 2.15. The van der Waals surface area contributed by atoms with Crippen LogP contribution in [0.3, 0.4) is 0 Å². The fourth-order valence-corrected chi connectivity index (χ4v) is 4.13. The minimum atomic E-state index is -3.67. The van der Waals surface area contributed by atoms with Gasteiger partial charge >= 0.3 is 0 Å². The molecule has 2 N–H and O–H groups in total. The Hall–Kier alpha value is -0.890. The van der Waals surface area contributed by atoms with Crippen molar-refractivity contribution < 1.29 is 13.5 Å². The molecule has 1 fully saturated rings. The Balaban J connectivity index is 2.34. The van der Waals surface area contributed by atoms with E-state index in [9.17, 15) is 8.42 Å². The van der Waals surface area contributed by atoms with Crippen LogP contribution in [0.25, 0.3) is 0 Å². The summed E-state index contributed by atoms with van der Waals surface area (Å²) in [5.41, 5.74) is 0. The van der Waals surface area contributed by atoms with Gasteiger partial charge in [0.05, 0.1) is 11.6 Å². The Morgan fingerprint density at radius 2 is 2.25 bits per heavy atom. The largest absolute Gasteiger partial charge is 0.395 e. The fraction of sp³-hybridized carbons (Fsp3) is 0.583. The summed E-state index contributed by atoms with van der Waals surface area (Å²) in [5, 5.41) is 12.1. The standard InChI is InChI=1S/C12H18ClN3O3S/c1-14-12-11(13)7-10(8-15-12)20(18,19)16(5-6-17)9-3-2-4-9/h7-9,17H,2-6H2,1H3,(H,14,15). The van der Waals surface area contributed by atoms with Gasteiger partial charge in [-0.3, -0.25) is 0 Å². The van der Waals surface area contributed by atoms with Gasteiger partial charge in [-0.15, -0.1) is 0 Å². The second-order valence-electron chi connectivity index (χ2n) is 4.68. The number of aliphatic hydroxyl groups is 1. The molecule has 0 saturated heterocycles. The molecule has 1 aromatic rings. The zero-order chi connectivity index (χ0) is 14.8. The number of hydrogen-bond acceptors (Lipinski definition) is 5. The molecule has 20 heavy (non-hydrogen) atoms. The molecule has 0 spiro atoms. The van der Waals surface area contributed by atoms with Crippen LogP contribution in [0.2, 0.25) is 5.02 Å². The van der Waals surface area contributed by atoms with Crippen molar-refractivity contribution in [1.82, 2.24) is 9.29 Å². The van der Waals surface area contributed by atoms with Crippen molar-refractivity contribution in [3.05, 3.63) is 17.3 Å². The zero-order valence-corrected chi connectivity index (χ0v) is 12.8. The minimum absolute atomic E-state index is 0.0325. The number of hydrogen-bond donors (Lipinski definition) is 2. The molecule has 0 amide bonds. The van der Waals surface area contributed by atoms with Crippen LogP contribution in [0.4, 0.5) is 5.82 Å². The predicted molar refractivity (Wildman–Crippen MR) is 77.4 cm³/mol. The van der Waals surface area contributed by atoms with Crippen LogP contribution in [-0.4, -0.2) is 49.1 Å². The van der Waals surface area contributed by atoms with E-state index in [4.69, 9.17) is 16.7 Å². The number of nitrogens with one attached hydrogen (secondary N) is 1. The summed E-state index contributed by atoms with van der Waals surface area (Å²) in [5.74, 6) is 0.433. The van der Waals surface area contributed by atoms with Crippen LogP contribution in [0.5, 0.6) is 0 Å². The highest BCUT2D eigenvalue weighted by atomic mass is 35.5. The lowest BCUT2D eigenvalue weighted by Crippen LogP contribution is -2.45. The average Bonchev–Trinajstić information content (AvgIpc) is 2.36. The molecule has 0 aliphatic heterocycles. The van der Waals surface area contributed by atoms with Crippen LogP contribution >= 0.6 is 11.6 Å². The molecule has 0 radical (unpaired) electrons. The van der Waals surface area contributed by atoms with Gasteiger partial charge in [0.15, 0.2) is 0 Å². The normalized spacial score (nSPS) is 16.2. The van der Waals surface area contributed by atoms with Crippen LogP contribution in [0.15, 0.2) is 17.2 Å². The Labute approximate surface area is 123 Å². The number of nitrogens with zero attached hydrogens (tertiary/aromatic N) is 2. The highest BCUT2D eigenvalue weighted by molar-refractivity contribution is 7.89. The van der Waals surface area contributed by atoms with Gasteiger partial charge in [-0.2, -0.15) is 4.31 Å². The molecule has 0 atom stereocenters. The number of rotatable bonds is 6. The Kier molecular flexibility index (Phi) is 4.85. The van der Waals surface area contributed by atoms with Crippen molar-refractivity contribution in [2.45, 2.75) is 30.2 Å². The first-order chi connectivity index (χ1) is 9.50. The van der Waals surface area contributed by atoms with Crippen LogP contribution in [0, 0.1) is 0 Å². The third-order valence-electron chi connectivity index (χ3n) is 3.46. The molecule has 112 valence electrons. The van der Waals surface area contributed by atoms with Gasteiger partial charge in [-0.05, 0) is 18.9 Å². The lowest BCUT2D eigenvalue weighted by Gasteiger charge is -2.36. The van der Waals surface area contributed by atoms with E-state index >= 15 is 0 Å². The Morgan fingerprint density at radius 1 is 1.55 bits per heavy atom. The molecule has 0 unspecified atom stereocenters. The summed E-state index contributed by atoms with van der Waals surface area (Å²) < 4.78 is 26.6. The van der Waals surface area contributed by atoms with Crippen LogP contribution in [0.1, 0.15) is 19.3 Å². The number of aromatic nitrogens is 1. The first kappa shape index (κ1) is 15.5. The van der Waals surface area contributed by atoms with Crippen molar-refractivity contribution in [2.24, 2.45) is 0 Å². The van der Waals surface area contributed by atoms with Gasteiger partial charge in [0.2, 0.25) is 10.0 Å². The van der Waals surface area contributed by atoms with E-state index in [-0.39, 0.29) is 29.1 Å². The van der Waals surface area contributed by atoms with E-state index in [1.54, 1.807) is 7.05 Å². The summed E-state index contributed by atoms with van der Waals surface area (Å²) in [6.45, 7) is -0.107. The lowest BCUT2D eigenvalue weighted by atomic mass is 9.93. The molecule has 1 aromatic heterocycles. The highest BCUT2D eigenvalue weighted by Gasteiger charge is 2.34. The lowest BCUT2D eigenvalue weighted by molar-refractivity contribution is 0.178. The van der Waals surface area contributed by atoms with E-state index in [0.717, 1.165) is 19.3 Å². The molecule has 1 heterocycles. The number of aliphatic hydroxyl groups excluding tert-OH is 1. The summed E-state index contributed by atoms with van der Waals surface area (Å²) in [6, 6.07) is 1.36. The Morgan fingerprint density at radius 3 is 2.70 bits per heavy atom. The first-order valence-electron chi connectivity index (χ1n) is 6.46. The number of pyridine rings is 1. The van der Waals surface area contributed by atoms with Crippen molar-refractivity contribution in [3.8, 4) is 0 Å². The molecule has 0 bridgehead atoms. The van der Waals surface area contributed by atoms with E-state index in [2.05, 4.69) is 10.3 Å². The van der Waals surface area contributed by atoms with Crippen molar-refractivity contribution in [3.63, 3.8) is 0 Å². The second-order valence-corrected chi connectivity index (χ2v) is 6.97. The van der Waals surface area contributed by atoms with Crippen molar-refractivity contribution in [1.29, 1.82) is 0 Å². The molecule has 8 heteroatoms. The number of halogens is 1. The maximum absolute atomic E-state index is 12.6. The monoisotopic (exact) mass is 319 g/mol. The predicted octanol–water partition coefficient (Wildman–Crippen LogP) is 1.31.